The zero-order valence-corrected chi connectivity index (χ0v) is 22.6. The standard InChI is InChI=1S/C26H36N4O6S/c1-26(2,3)36-25(32)34-21-15-28-20(13-17-5-7-19(33-4)8-6-17)22(21)35-24(31)29-14-18-9-11-30(16-18)23-27-10-12-37-23/h5-8,10,12,18,20-22,28H,9,11,13-16H2,1-4H3,(H,29,31)/t18-,20-,21+,22+/m1/s1. The van der Waals surface area contributed by atoms with Gasteiger partial charge in [-0.15, -0.1) is 11.3 Å². The van der Waals surface area contributed by atoms with Gasteiger partial charge in [-0.2, -0.15) is 0 Å². The van der Waals surface area contributed by atoms with Crippen LogP contribution in [-0.4, -0.2) is 74.4 Å². The van der Waals surface area contributed by atoms with E-state index in [9.17, 15) is 9.59 Å². The lowest BCUT2D eigenvalue weighted by atomic mass is 10.0. The van der Waals surface area contributed by atoms with Crippen molar-refractivity contribution in [3.05, 3.63) is 41.4 Å². The topological polar surface area (TPSA) is 111 Å². The van der Waals surface area contributed by atoms with Gasteiger partial charge in [-0.25, -0.2) is 14.6 Å². The molecule has 0 unspecified atom stereocenters. The number of amides is 1. The van der Waals surface area contributed by atoms with Crippen molar-refractivity contribution >= 4 is 28.7 Å². The number of carbonyl (C=O) groups excluding carboxylic acids is 2. The molecule has 11 heteroatoms. The summed E-state index contributed by atoms with van der Waals surface area (Å²) in [6.07, 6.45) is 0.694. The van der Waals surface area contributed by atoms with Crippen LogP contribution in [0.15, 0.2) is 35.8 Å². The summed E-state index contributed by atoms with van der Waals surface area (Å²) in [5.74, 6) is 1.07. The highest BCUT2D eigenvalue weighted by molar-refractivity contribution is 7.13. The summed E-state index contributed by atoms with van der Waals surface area (Å²) in [4.78, 5) is 31.8. The molecule has 2 saturated heterocycles. The number of methoxy groups -OCH3 is 1. The van der Waals surface area contributed by atoms with Crippen LogP contribution in [0.3, 0.4) is 0 Å². The Morgan fingerprint density at radius 1 is 1.22 bits per heavy atom. The van der Waals surface area contributed by atoms with E-state index in [0.717, 1.165) is 36.0 Å². The third-order valence-electron chi connectivity index (χ3n) is 6.35. The predicted molar refractivity (Wildman–Crippen MR) is 140 cm³/mol. The zero-order valence-electron chi connectivity index (χ0n) is 21.8. The molecule has 1 aromatic heterocycles. The molecule has 1 amide bonds. The Morgan fingerprint density at radius 3 is 2.68 bits per heavy atom. The van der Waals surface area contributed by atoms with E-state index in [1.807, 2.05) is 29.6 Å². The highest BCUT2D eigenvalue weighted by Crippen LogP contribution is 2.26. The third-order valence-corrected chi connectivity index (χ3v) is 7.18. The van der Waals surface area contributed by atoms with Crippen molar-refractivity contribution in [3.63, 3.8) is 0 Å². The number of nitrogens with one attached hydrogen (secondary N) is 2. The highest BCUT2D eigenvalue weighted by atomic mass is 32.1. The predicted octanol–water partition coefficient (Wildman–Crippen LogP) is 3.61. The van der Waals surface area contributed by atoms with Gasteiger partial charge in [-0.05, 0) is 57.2 Å². The lowest BCUT2D eigenvalue weighted by molar-refractivity contribution is -0.0518. The molecule has 2 aliphatic heterocycles. The monoisotopic (exact) mass is 532 g/mol. The van der Waals surface area contributed by atoms with Crippen LogP contribution in [0.2, 0.25) is 0 Å². The minimum absolute atomic E-state index is 0.238. The van der Waals surface area contributed by atoms with Gasteiger partial charge in [0.15, 0.2) is 17.3 Å². The summed E-state index contributed by atoms with van der Waals surface area (Å²) in [7, 11) is 1.62. The molecule has 4 rings (SSSR count). The Hall–Kier alpha value is -3.05. The van der Waals surface area contributed by atoms with Gasteiger partial charge in [0, 0.05) is 37.8 Å². The molecule has 2 aromatic rings. The van der Waals surface area contributed by atoms with Gasteiger partial charge in [0.05, 0.1) is 13.2 Å². The molecule has 0 aliphatic carbocycles. The average Bonchev–Trinajstić information content (AvgIpc) is 3.60. The number of alkyl carbamates (subject to hydrolysis) is 1. The van der Waals surface area contributed by atoms with E-state index in [1.54, 1.807) is 45.4 Å². The smallest absolute Gasteiger partial charge is 0.497 e. The van der Waals surface area contributed by atoms with E-state index in [0.29, 0.717) is 25.4 Å². The van der Waals surface area contributed by atoms with Crippen LogP contribution in [0, 0.1) is 5.92 Å². The minimum atomic E-state index is -0.786. The molecule has 0 bridgehead atoms. The molecule has 10 nitrogen and oxygen atoms in total. The van der Waals surface area contributed by atoms with E-state index in [2.05, 4.69) is 20.5 Å². The van der Waals surface area contributed by atoms with Crippen molar-refractivity contribution in [1.82, 2.24) is 15.6 Å². The maximum Gasteiger partial charge on any atom is 0.509 e. The van der Waals surface area contributed by atoms with Crippen molar-refractivity contribution in [3.8, 4) is 5.75 Å². The van der Waals surface area contributed by atoms with Crippen LogP contribution in [0.1, 0.15) is 32.8 Å². The molecule has 2 aliphatic rings. The third kappa shape index (κ3) is 7.72. The lowest BCUT2D eigenvalue weighted by Crippen LogP contribution is -2.44. The van der Waals surface area contributed by atoms with Crippen LogP contribution in [0.25, 0.3) is 0 Å². The highest BCUT2D eigenvalue weighted by Gasteiger charge is 2.42. The Labute approximate surface area is 221 Å². The average molecular weight is 533 g/mol. The zero-order chi connectivity index (χ0) is 26.4. The number of benzene rings is 1. The minimum Gasteiger partial charge on any atom is -0.497 e. The van der Waals surface area contributed by atoms with Crippen LogP contribution < -0.4 is 20.3 Å². The largest absolute Gasteiger partial charge is 0.509 e. The molecule has 202 valence electrons. The molecule has 0 saturated carbocycles. The number of hydrogen-bond donors (Lipinski definition) is 2. The van der Waals surface area contributed by atoms with Crippen molar-refractivity contribution in [2.75, 3.05) is 38.2 Å². The second-order valence-corrected chi connectivity index (χ2v) is 11.2. The molecule has 1 aromatic carbocycles. The van der Waals surface area contributed by atoms with Crippen molar-refractivity contribution < 1.29 is 28.5 Å². The number of nitrogens with zero attached hydrogens (tertiary/aromatic N) is 2. The van der Waals surface area contributed by atoms with Crippen LogP contribution >= 0.6 is 11.3 Å². The summed E-state index contributed by atoms with van der Waals surface area (Å²) in [6.45, 7) is 7.92. The maximum atomic E-state index is 12.8. The molecule has 3 heterocycles. The molecule has 2 fully saturated rings. The van der Waals surface area contributed by atoms with Crippen LogP contribution in [-0.2, 0) is 20.6 Å². The van der Waals surface area contributed by atoms with Gasteiger partial charge in [-0.1, -0.05) is 12.1 Å². The summed E-state index contributed by atoms with van der Waals surface area (Å²) in [6, 6.07) is 7.47. The fraction of sp³-hybridized carbons (Fsp3) is 0.577. The van der Waals surface area contributed by atoms with Gasteiger partial charge in [0.2, 0.25) is 0 Å². The number of carbonyl (C=O) groups is 2. The molecule has 0 radical (unpaired) electrons. The molecule has 2 N–H and O–H groups in total. The second-order valence-electron chi connectivity index (χ2n) is 10.4. The van der Waals surface area contributed by atoms with Gasteiger partial charge in [0.25, 0.3) is 0 Å². The van der Waals surface area contributed by atoms with E-state index in [1.165, 1.54) is 0 Å². The number of thiazole rings is 1. The number of rotatable bonds is 8. The van der Waals surface area contributed by atoms with E-state index in [-0.39, 0.29) is 6.04 Å². The first kappa shape index (κ1) is 27.0. The van der Waals surface area contributed by atoms with Gasteiger partial charge >= 0.3 is 12.2 Å². The van der Waals surface area contributed by atoms with Gasteiger partial charge in [0.1, 0.15) is 11.4 Å². The quantitative estimate of drug-likeness (QED) is 0.493. The van der Waals surface area contributed by atoms with Crippen molar-refractivity contribution in [1.29, 1.82) is 0 Å². The molecular formula is C26H36N4O6S. The van der Waals surface area contributed by atoms with Crippen molar-refractivity contribution in [2.45, 2.75) is 57.5 Å². The SMILES string of the molecule is COc1ccc(C[C@H]2NC[C@H](OC(=O)OC(C)(C)C)[C@H]2OC(=O)NC[C@H]2CCN(c3nccs3)C2)cc1. The van der Waals surface area contributed by atoms with E-state index < -0.39 is 30.1 Å². The Morgan fingerprint density at radius 2 is 2.00 bits per heavy atom. The number of aromatic nitrogens is 1. The molecular weight excluding hydrogens is 496 g/mol. The van der Waals surface area contributed by atoms with E-state index in [4.69, 9.17) is 18.9 Å². The Balaban J connectivity index is 1.35. The second kappa shape index (κ2) is 12.0. The fourth-order valence-corrected chi connectivity index (χ4v) is 5.25. The molecule has 4 atom stereocenters. The normalized spacial score (nSPS) is 23.5. The maximum absolute atomic E-state index is 12.8. The summed E-state index contributed by atoms with van der Waals surface area (Å²) < 4.78 is 22.0. The summed E-state index contributed by atoms with van der Waals surface area (Å²) >= 11 is 1.62. The lowest BCUT2D eigenvalue weighted by Gasteiger charge is -2.26. The van der Waals surface area contributed by atoms with Gasteiger partial charge in [-0.3, -0.25) is 0 Å². The van der Waals surface area contributed by atoms with Crippen LogP contribution in [0.4, 0.5) is 14.7 Å². The first-order valence-corrected chi connectivity index (χ1v) is 13.4. The van der Waals surface area contributed by atoms with Crippen molar-refractivity contribution in [2.24, 2.45) is 5.92 Å². The molecule has 37 heavy (non-hydrogen) atoms. The first-order valence-electron chi connectivity index (χ1n) is 12.5. The summed E-state index contributed by atoms with van der Waals surface area (Å²) in [5, 5.41) is 9.22. The fourth-order valence-electron chi connectivity index (χ4n) is 4.57. The first-order chi connectivity index (χ1) is 17.7. The van der Waals surface area contributed by atoms with Crippen LogP contribution in [0.5, 0.6) is 5.75 Å². The summed E-state index contributed by atoms with van der Waals surface area (Å²) in [5.41, 5.74) is 0.353. The number of anilines is 1. The Bertz CT molecular complexity index is 1030. The van der Waals surface area contributed by atoms with Gasteiger partial charge < -0.3 is 34.5 Å². The van der Waals surface area contributed by atoms with E-state index >= 15 is 0 Å². The number of hydrogen-bond acceptors (Lipinski definition) is 10. The Kier molecular flexibility index (Phi) is 8.75. The molecule has 0 spiro atoms. The number of ether oxygens (including phenoxy) is 4.